The SMILES string of the molecule is [SiH3]C1C=C(N2CCCC2)c2ccccc21. The molecule has 15 heavy (non-hydrogen) atoms. The molecule has 1 aromatic rings. The second-order valence-corrected chi connectivity index (χ2v) is 5.87. The van der Waals surface area contributed by atoms with Crippen LogP contribution in [0.25, 0.3) is 5.70 Å². The summed E-state index contributed by atoms with van der Waals surface area (Å²) in [6.07, 6.45) is 5.22. The van der Waals surface area contributed by atoms with Gasteiger partial charge >= 0.3 is 0 Å². The quantitative estimate of drug-likeness (QED) is 0.642. The third-order valence-corrected chi connectivity index (χ3v) is 4.54. The Bertz CT molecular complexity index is 405. The number of likely N-dealkylation sites (tertiary alicyclic amines) is 1. The van der Waals surface area contributed by atoms with Crippen LogP contribution >= 0.6 is 0 Å². The molecule has 1 aliphatic heterocycles. The molecule has 0 amide bonds. The van der Waals surface area contributed by atoms with Crippen LogP contribution in [0.1, 0.15) is 29.5 Å². The minimum atomic E-state index is 0.733. The molecule has 2 aliphatic rings. The van der Waals surface area contributed by atoms with Crippen molar-refractivity contribution in [3.63, 3.8) is 0 Å². The summed E-state index contributed by atoms with van der Waals surface area (Å²) >= 11 is 0. The summed E-state index contributed by atoms with van der Waals surface area (Å²) < 4.78 is 0. The third-order valence-electron chi connectivity index (χ3n) is 3.58. The lowest BCUT2D eigenvalue weighted by Crippen LogP contribution is -2.16. The molecule has 0 aromatic heterocycles. The molecule has 0 saturated carbocycles. The molecule has 2 heteroatoms. The van der Waals surface area contributed by atoms with Crippen LogP contribution in [-0.2, 0) is 0 Å². The van der Waals surface area contributed by atoms with Crippen molar-refractivity contribution in [2.24, 2.45) is 0 Å². The average molecular weight is 215 g/mol. The molecule has 0 N–H and O–H groups in total. The molecule has 0 spiro atoms. The highest BCUT2D eigenvalue weighted by atomic mass is 28.1. The summed E-state index contributed by atoms with van der Waals surface area (Å²) in [5.41, 5.74) is 5.31. The summed E-state index contributed by atoms with van der Waals surface area (Å²) in [4.78, 5) is 2.57. The van der Waals surface area contributed by atoms with Crippen molar-refractivity contribution < 1.29 is 0 Å². The number of benzene rings is 1. The van der Waals surface area contributed by atoms with Gasteiger partial charge in [0, 0.05) is 34.6 Å². The van der Waals surface area contributed by atoms with E-state index in [0.29, 0.717) is 0 Å². The lowest BCUT2D eigenvalue weighted by Gasteiger charge is -2.19. The highest BCUT2D eigenvalue weighted by molar-refractivity contribution is 6.16. The molecule has 0 radical (unpaired) electrons. The van der Waals surface area contributed by atoms with E-state index in [9.17, 15) is 0 Å². The van der Waals surface area contributed by atoms with Gasteiger partial charge in [0.15, 0.2) is 0 Å². The Balaban J connectivity index is 2.00. The molecule has 1 nitrogen and oxygen atoms in total. The fraction of sp³-hybridized carbons (Fsp3) is 0.385. The van der Waals surface area contributed by atoms with E-state index < -0.39 is 0 Å². The molecule has 1 saturated heterocycles. The fourth-order valence-electron chi connectivity index (χ4n) is 2.78. The van der Waals surface area contributed by atoms with Crippen LogP contribution in [0.5, 0.6) is 0 Å². The van der Waals surface area contributed by atoms with Crippen LogP contribution in [0.3, 0.4) is 0 Å². The molecule has 3 rings (SSSR count). The van der Waals surface area contributed by atoms with Crippen LogP contribution in [0.15, 0.2) is 30.3 Å². The lowest BCUT2D eigenvalue weighted by molar-refractivity contribution is 0.494. The second-order valence-electron chi connectivity index (χ2n) is 4.62. The minimum absolute atomic E-state index is 0.733. The molecule has 1 aliphatic carbocycles. The van der Waals surface area contributed by atoms with Gasteiger partial charge in [-0.3, -0.25) is 0 Å². The predicted molar refractivity (Wildman–Crippen MR) is 67.9 cm³/mol. The number of nitrogens with zero attached hydrogens (tertiary/aromatic N) is 1. The Morgan fingerprint density at radius 2 is 1.87 bits per heavy atom. The van der Waals surface area contributed by atoms with Gasteiger partial charge < -0.3 is 4.90 Å². The first-order chi connectivity index (χ1) is 7.36. The van der Waals surface area contributed by atoms with Crippen LogP contribution in [0.4, 0.5) is 0 Å². The molecule has 1 atom stereocenters. The average Bonchev–Trinajstić information content (AvgIpc) is 2.87. The van der Waals surface area contributed by atoms with E-state index >= 15 is 0 Å². The van der Waals surface area contributed by atoms with Gasteiger partial charge in [-0.25, -0.2) is 0 Å². The van der Waals surface area contributed by atoms with E-state index in [1.54, 1.807) is 5.56 Å². The van der Waals surface area contributed by atoms with Crippen molar-refractivity contribution in [3.8, 4) is 0 Å². The van der Waals surface area contributed by atoms with Gasteiger partial charge in [0.25, 0.3) is 0 Å². The molecule has 78 valence electrons. The second kappa shape index (κ2) is 3.53. The van der Waals surface area contributed by atoms with E-state index in [1.807, 2.05) is 0 Å². The standard InChI is InChI=1S/C13H17NSi/c15-13-9-12(14-7-3-4-8-14)10-5-1-2-6-11(10)13/h1-2,5-6,9,13H,3-4,7-8H2,15H3. The van der Waals surface area contributed by atoms with Gasteiger partial charge in [-0.2, -0.15) is 0 Å². The first kappa shape index (κ1) is 9.22. The summed E-state index contributed by atoms with van der Waals surface area (Å²) in [5, 5.41) is 0. The highest BCUT2D eigenvalue weighted by Crippen LogP contribution is 2.37. The number of fused-ring (bicyclic) bond motifs is 1. The fourth-order valence-corrected chi connectivity index (χ4v) is 3.60. The molecule has 1 unspecified atom stereocenters. The first-order valence-corrected chi connectivity index (χ1v) is 7.08. The summed E-state index contributed by atoms with van der Waals surface area (Å²) in [7, 11) is 1.24. The Kier molecular flexibility index (Phi) is 2.17. The number of rotatable bonds is 1. The van der Waals surface area contributed by atoms with Gasteiger partial charge in [0.05, 0.1) is 0 Å². The minimum Gasteiger partial charge on any atom is -0.371 e. The van der Waals surface area contributed by atoms with Gasteiger partial charge in [0.2, 0.25) is 0 Å². The first-order valence-electron chi connectivity index (χ1n) is 5.92. The highest BCUT2D eigenvalue weighted by Gasteiger charge is 2.24. The van der Waals surface area contributed by atoms with Crippen molar-refractivity contribution >= 4 is 15.9 Å². The van der Waals surface area contributed by atoms with Crippen molar-refractivity contribution in [3.05, 3.63) is 41.5 Å². The summed E-state index contributed by atoms with van der Waals surface area (Å²) in [6.45, 7) is 2.52. The molecule has 1 fully saturated rings. The van der Waals surface area contributed by atoms with Gasteiger partial charge in [-0.05, 0) is 23.9 Å². The number of allylic oxidation sites excluding steroid dienone is 1. The zero-order valence-electron chi connectivity index (χ0n) is 9.24. The Hall–Kier alpha value is -1.02. The third kappa shape index (κ3) is 1.44. The normalized spacial score (nSPS) is 24.4. The monoisotopic (exact) mass is 215 g/mol. The molecular formula is C13H17NSi. The van der Waals surface area contributed by atoms with E-state index in [2.05, 4.69) is 35.2 Å². The Morgan fingerprint density at radius 1 is 1.13 bits per heavy atom. The summed E-state index contributed by atoms with van der Waals surface area (Å²) in [6, 6.07) is 8.93. The Labute approximate surface area is 94.2 Å². The van der Waals surface area contributed by atoms with E-state index in [4.69, 9.17) is 0 Å². The predicted octanol–water partition coefficient (Wildman–Crippen LogP) is 1.54. The van der Waals surface area contributed by atoms with E-state index in [0.717, 1.165) is 5.54 Å². The number of hydrogen-bond acceptors (Lipinski definition) is 1. The smallest absolute Gasteiger partial charge is 0.0405 e. The van der Waals surface area contributed by atoms with Crippen molar-refractivity contribution in [1.82, 2.24) is 4.90 Å². The molecule has 1 heterocycles. The molecule has 0 bridgehead atoms. The molecule has 1 aromatic carbocycles. The van der Waals surface area contributed by atoms with Crippen LogP contribution in [0, 0.1) is 0 Å². The maximum atomic E-state index is 2.57. The van der Waals surface area contributed by atoms with Crippen molar-refractivity contribution in [2.45, 2.75) is 18.4 Å². The van der Waals surface area contributed by atoms with Crippen molar-refractivity contribution in [2.75, 3.05) is 13.1 Å². The van der Waals surface area contributed by atoms with E-state index in [-0.39, 0.29) is 0 Å². The largest absolute Gasteiger partial charge is 0.371 e. The maximum Gasteiger partial charge on any atom is 0.0405 e. The van der Waals surface area contributed by atoms with Gasteiger partial charge in [-0.1, -0.05) is 30.3 Å². The number of hydrogen-bond donors (Lipinski definition) is 0. The van der Waals surface area contributed by atoms with Crippen molar-refractivity contribution in [1.29, 1.82) is 0 Å². The van der Waals surface area contributed by atoms with Gasteiger partial charge in [-0.15, -0.1) is 0 Å². The topological polar surface area (TPSA) is 3.24 Å². The zero-order chi connectivity index (χ0) is 10.3. The van der Waals surface area contributed by atoms with Gasteiger partial charge in [0.1, 0.15) is 0 Å². The maximum absolute atomic E-state index is 2.57. The molecular weight excluding hydrogens is 198 g/mol. The lowest BCUT2D eigenvalue weighted by atomic mass is 10.1. The Morgan fingerprint density at radius 3 is 2.67 bits per heavy atom. The van der Waals surface area contributed by atoms with Crippen LogP contribution in [0.2, 0.25) is 0 Å². The van der Waals surface area contributed by atoms with Crippen LogP contribution < -0.4 is 0 Å². The summed E-state index contributed by atoms with van der Waals surface area (Å²) in [5.74, 6) is 0. The zero-order valence-corrected chi connectivity index (χ0v) is 11.2. The van der Waals surface area contributed by atoms with E-state index in [1.165, 1.54) is 47.4 Å². The van der Waals surface area contributed by atoms with Crippen LogP contribution in [-0.4, -0.2) is 28.2 Å².